The molecule has 0 spiro atoms. The maximum atomic E-state index is 9.32. The van der Waals surface area contributed by atoms with E-state index in [-0.39, 0.29) is 0 Å². The Kier molecular flexibility index (Phi) is 12.0. The molecule has 0 saturated heterocycles. The van der Waals surface area contributed by atoms with Crippen LogP contribution in [0.1, 0.15) is 56.7 Å². The molecule has 0 aliphatic carbocycles. The number of benzene rings is 1. The van der Waals surface area contributed by atoms with Crippen LogP contribution in [0, 0.1) is 11.3 Å². The molecule has 0 aliphatic heterocycles. The largest absolute Gasteiger partial charge is 0.317 e. The van der Waals surface area contributed by atoms with Gasteiger partial charge in [-0.3, -0.25) is 4.99 Å². The normalized spacial score (nSPS) is 14.2. The maximum Gasteiger partial charge on any atom is 0.0991 e. The minimum Gasteiger partial charge on any atom is -0.317 e. The molecule has 0 fully saturated rings. The maximum absolute atomic E-state index is 9.32. The van der Waals surface area contributed by atoms with Crippen LogP contribution in [0.15, 0.2) is 64.7 Å². The van der Waals surface area contributed by atoms with E-state index in [9.17, 15) is 5.26 Å². The lowest BCUT2D eigenvalue weighted by Gasteiger charge is -2.11. The summed E-state index contributed by atoms with van der Waals surface area (Å²) in [5, 5.41) is 12.6. The molecule has 1 aromatic carbocycles. The van der Waals surface area contributed by atoms with Gasteiger partial charge in [0.2, 0.25) is 0 Å². The highest BCUT2D eigenvalue weighted by molar-refractivity contribution is 5.73. The number of hydrogen-bond acceptors (Lipinski definition) is 3. The lowest BCUT2D eigenvalue weighted by Crippen LogP contribution is -2.21. The van der Waals surface area contributed by atoms with Crippen molar-refractivity contribution >= 4 is 12.3 Å². The van der Waals surface area contributed by atoms with Crippen molar-refractivity contribution in [3.63, 3.8) is 0 Å². The lowest BCUT2D eigenvalue weighted by atomic mass is 9.96. The van der Waals surface area contributed by atoms with Crippen molar-refractivity contribution in [3.05, 3.63) is 76.4 Å². The second kappa shape index (κ2) is 14.3. The summed E-state index contributed by atoms with van der Waals surface area (Å²) in [7, 11) is 3.76. The van der Waals surface area contributed by atoms with Crippen LogP contribution >= 0.6 is 0 Å². The number of nitriles is 1. The van der Waals surface area contributed by atoms with Gasteiger partial charge >= 0.3 is 0 Å². The van der Waals surface area contributed by atoms with Gasteiger partial charge in [-0.25, -0.2) is 0 Å². The third-order valence-corrected chi connectivity index (χ3v) is 4.75. The molecule has 0 radical (unpaired) electrons. The molecular weight excluding hydrogens is 354 g/mol. The van der Waals surface area contributed by atoms with Gasteiger partial charge in [0.05, 0.1) is 11.6 Å². The minimum absolute atomic E-state index is 0.388. The third-order valence-electron chi connectivity index (χ3n) is 4.75. The van der Waals surface area contributed by atoms with Crippen molar-refractivity contribution < 1.29 is 0 Å². The predicted molar refractivity (Wildman–Crippen MR) is 127 cm³/mol. The van der Waals surface area contributed by atoms with E-state index in [0.29, 0.717) is 11.6 Å². The van der Waals surface area contributed by atoms with Crippen LogP contribution < -0.4 is 5.32 Å². The molecule has 3 nitrogen and oxygen atoms in total. The van der Waals surface area contributed by atoms with E-state index in [0.717, 1.165) is 31.2 Å². The summed E-state index contributed by atoms with van der Waals surface area (Å²) in [5.74, 6) is 0. The zero-order chi connectivity index (χ0) is 21.5. The van der Waals surface area contributed by atoms with Crippen LogP contribution in [0.2, 0.25) is 0 Å². The lowest BCUT2D eigenvalue weighted by molar-refractivity contribution is 0.611. The smallest absolute Gasteiger partial charge is 0.0991 e. The molecule has 29 heavy (non-hydrogen) atoms. The first kappa shape index (κ1) is 24.3. The topological polar surface area (TPSA) is 48.2 Å². The Bertz CT molecular complexity index is 817. The molecule has 1 unspecified atom stereocenters. The number of aliphatic imine (C=N–C) groups is 1. The van der Waals surface area contributed by atoms with Crippen LogP contribution in [0.5, 0.6) is 0 Å². The van der Waals surface area contributed by atoms with E-state index in [1.807, 2.05) is 32.3 Å². The Labute approximate surface area is 177 Å². The third kappa shape index (κ3) is 9.36. The molecular formula is C26H35N3. The van der Waals surface area contributed by atoms with Gasteiger partial charge in [-0.05, 0) is 81.5 Å². The average molecular weight is 390 g/mol. The van der Waals surface area contributed by atoms with Gasteiger partial charge in [0.25, 0.3) is 0 Å². The van der Waals surface area contributed by atoms with E-state index >= 15 is 0 Å². The zero-order valence-electron chi connectivity index (χ0n) is 18.6. The Morgan fingerprint density at radius 3 is 2.69 bits per heavy atom. The molecule has 0 bridgehead atoms. The van der Waals surface area contributed by atoms with Gasteiger partial charge in [0.1, 0.15) is 0 Å². The molecule has 1 N–H and O–H groups in total. The minimum atomic E-state index is 0.388. The predicted octanol–water partition coefficient (Wildman–Crippen LogP) is 6.04. The van der Waals surface area contributed by atoms with Crippen molar-refractivity contribution in [3.8, 4) is 6.07 Å². The number of allylic oxidation sites excluding steroid dienone is 6. The Hall–Kier alpha value is -2.70. The highest BCUT2D eigenvalue weighted by Gasteiger charge is 2.05. The number of rotatable bonds is 11. The second-order valence-corrected chi connectivity index (χ2v) is 7.09. The van der Waals surface area contributed by atoms with E-state index in [2.05, 4.69) is 72.7 Å². The first-order chi connectivity index (χ1) is 14.1. The standard InChI is InChI=1S/C26H35N3/c1-6-8-22(9-7-2)10-15-26-19-24(20-27)12-14-25(26)13-11-23(16-17-28-4)18-21(3)29-5/h6,8-9,11-14,16-17,19,21,29H,7,10,15,18H2,1-5H3/b8-6-,13-11+,22-9+,23-16+,28-17?. The van der Waals surface area contributed by atoms with Crippen molar-refractivity contribution in [1.82, 2.24) is 5.32 Å². The molecule has 1 atom stereocenters. The monoisotopic (exact) mass is 389 g/mol. The van der Waals surface area contributed by atoms with Crippen LogP contribution in [-0.4, -0.2) is 26.4 Å². The van der Waals surface area contributed by atoms with Gasteiger partial charge in [0.15, 0.2) is 0 Å². The van der Waals surface area contributed by atoms with E-state index in [1.165, 1.54) is 16.7 Å². The van der Waals surface area contributed by atoms with Gasteiger partial charge in [0, 0.05) is 19.3 Å². The molecule has 0 aliphatic rings. The molecule has 0 amide bonds. The van der Waals surface area contributed by atoms with Crippen molar-refractivity contribution in [2.24, 2.45) is 4.99 Å². The SMILES string of the molecule is C/C=C\C(=C/CC)CCc1cc(C#N)ccc1/C=C/C(=C\C=NC)CC(C)NC. The Morgan fingerprint density at radius 1 is 1.28 bits per heavy atom. The van der Waals surface area contributed by atoms with Crippen LogP contribution in [-0.2, 0) is 6.42 Å². The highest BCUT2D eigenvalue weighted by Crippen LogP contribution is 2.20. The van der Waals surface area contributed by atoms with Crippen molar-refractivity contribution in [2.75, 3.05) is 14.1 Å². The fraction of sp³-hybridized carbons (Fsp3) is 0.385. The number of nitrogens with zero attached hydrogens (tertiary/aromatic N) is 2. The number of aryl methyl sites for hydroxylation is 1. The fourth-order valence-electron chi connectivity index (χ4n) is 3.08. The molecule has 1 aromatic rings. The molecule has 0 saturated carbocycles. The summed E-state index contributed by atoms with van der Waals surface area (Å²) in [5.41, 5.74) is 5.64. The van der Waals surface area contributed by atoms with Gasteiger partial charge in [-0.15, -0.1) is 0 Å². The van der Waals surface area contributed by atoms with Gasteiger partial charge in [-0.1, -0.05) is 48.9 Å². The molecule has 1 rings (SSSR count). The molecule has 0 heterocycles. The van der Waals surface area contributed by atoms with E-state index in [4.69, 9.17) is 0 Å². The number of hydrogen-bond donors (Lipinski definition) is 1. The summed E-state index contributed by atoms with van der Waals surface area (Å²) in [6.07, 6.45) is 18.6. The molecule has 154 valence electrons. The number of nitrogens with one attached hydrogen (secondary N) is 1. The molecule has 0 aromatic heterocycles. The van der Waals surface area contributed by atoms with Crippen molar-refractivity contribution in [2.45, 2.75) is 52.5 Å². The highest BCUT2D eigenvalue weighted by atomic mass is 14.8. The Balaban J connectivity index is 3.15. The Morgan fingerprint density at radius 2 is 2.07 bits per heavy atom. The quantitative estimate of drug-likeness (QED) is 0.370. The van der Waals surface area contributed by atoms with E-state index < -0.39 is 0 Å². The van der Waals surface area contributed by atoms with Crippen LogP contribution in [0.4, 0.5) is 0 Å². The average Bonchev–Trinajstić information content (AvgIpc) is 2.74. The summed E-state index contributed by atoms with van der Waals surface area (Å²) in [6.45, 7) is 6.38. The second-order valence-electron chi connectivity index (χ2n) is 7.09. The first-order valence-corrected chi connectivity index (χ1v) is 10.4. The van der Waals surface area contributed by atoms with E-state index in [1.54, 1.807) is 7.05 Å². The fourth-order valence-corrected chi connectivity index (χ4v) is 3.08. The summed E-state index contributed by atoms with van der Waals surface area (Å²) in [6, 6.07) is 8.62. The summed E-state index contributed by atoms with van der Waals surface area (Å²) in [4.78, 5) is 4.08. The first-order valence-electron chi connectivity index (χ1n) is 10.4. The van der Waals surface area contributed by atoms with Gasteiger partial charge < -0.3 is 5.32 Å². The van der Waals surface area contributed by atoms with Gasteiger partial charge in [-0.2, -0.15) is 5.26 Å². The van der Waals surface area contributed by atoms with Crippen LogP contribution in [0.25, 0.3) is 6.08 Å². The molecule has 3 heteroatoms. The van der Waals surface area contributed by atoms with Crippen LogP contribution in [0.3, 0.4) is 0 Å². The zero-order valence-corrected chi connectivity index (χ0v) is 18.6. The summed E-state index contributed by atoms with van der Waals surface area (Å²) >= 11 is 0. The van der Waals surface area contributed by atoms with Crippen molar-refractivity contribution in [1.29, 1.82) is 5.26 Å². The summed E-state index contributed by atoms with van der Waals surface area (Å²) < 4.78 is 0.